The molecule has 1 aliphatic rings. The highest BCUT2D eigenvalue weighted by molar-refractivity contribution is 5.73. The van der Waals surface area contributed by atoms with Gasteiger partial charge in [-0.05, 0) is 47.7 Å². The number of benzene rings is 3. The Balaban J connectivity index is 1.74. The number of aryl methyl sites for hydroxylation is 4. The van der Waals surface area contributed by atoms with Crippen molar-refractivity contribution in [3.05, 3.63) is 95.8 Å². The zero-order valence-electron chi connectivity index (χ0n) is 15.8. The Kier molecular flexibility index (Phi) is 3.71. The van der Waals surface area contributed by atoms with E-state index in [1.807, 2.05) is 0 Å². The lowest BCUT2D eigenvalue weighted by molar-refractivity contribution is -0.686. The lowest BCUT2D eigenvalue weighted by atomic mass is 9.95. The molecule has 5 rings (SSSR count). The van der Waals surface area contributed by atoms with Crippen LogP contribution in [-0.4, -0.2) is 4.57 Å². The van der Waals surface area contributed by atoms with Gasteiger partial charge in [0, 0.05) is 6.42 Å². The first-order valence-electron chi connectivity index (χ1n) is 9.58. The van der Waals surface area contributed by atoms with Crippen LogP contribution < -0.4 is 4.57 Å². The second kappa shape index (κ2) is 6.24. The molecule has 0 N–H and O–H groups in total. The number of hydrogen-bond donors (Lipinski definition) is 0. The van der Waals surface area contributed by atoms with Crippen LogP contribution in [0.4, 0.5) is 0 Å². The number of para-hydroxylation sites is 1. The lowest BCUT2D eigenvalue weighted by Crippen LogP contribution is -2.39. The van der Waals surface area contributed by atoms with Gasteiger partial charge in [-0.1, -0.05) is 60.7 Å². The van der Waals surface area contributed by atoms with Crippen LogP contribution in [0.25, 0.3) is 28.2 Å². The van der Waals surface area contributed by atoms with E-state index >= 15 is 0 Å². The quantitative estimate of drug-likeness (QED) is 0.435. The van der Waals surface area contributed by atoms with Crippen LogP contribution in [0.5, 0.6) is 0 Å². The van der Waals surface area contributed by atoms with Gasteiger partial charge in [0.1, 0.15) is 18.1 Å². The topological polar surface area (TPSA) is 8.81 Å². The van der Waals surface area contributed by atoms with Gasteiger partial charge in [0.25, 0.3) is 5.82 Å². The van der Waals surface area contributed by atoms with Crippen molar-refractivity contribution in [2.45, 2.75) is 26.8 Å². The molecule has 2 nitrogen and oxygen atoms in total. The molecule has 0 amide bonds. The molecule has 1 aliphatic heterocycles. The third kappa shape index (κ3) is 2.60. The zero-order chi connectivity index (χ0) is 18.4. The van der Waals surface area contributed by atoms with Crippen molar-refractivity contribution in [3.63, 3.8) is 0 Å². The van der Waals surface area contributed by atoms with Gasteiger partial charge >= 0.3 is 0 Å². The fraction of sp³-hybridized carbons (Fsp3) is 0.160. The molecule has 4 aromatic rings. The summed E-state index contributed by atoms with van der Waals surface area (Å²) in [7, 11) is 0. The highest BCUT2D eigenvalue weighted by Gasteiger charge is 2.29. The van der Waals surface area contributed by atoms with E-state index in [0.29, 0.717) is 0 Å². The van der Waals surface area contributed by atoms with Gasteiger partial charge in [0.05, 0.1) is 12.1 Å². The average molecular weight is 351 g/mol. The Morgan fingerprint density at radius 1 is 0.815 bits per heavy atom. The minimum atomic E-state index is 1.03. The molecule has 2 heteroatoms. The van der Waals surface area contributed by atoms with Gasteiger partial charge in [-0.25, -0.2) is 4.57 Å². The first-order chi connectivity index (χ1) is 13.2. The van der Waals surface area contributed by atoms with Crippen molar-refractivity contribution in [2.24, 2.45) is 0 Å². The van der Waals surface area contributed by atoms with Gasteiger partial charge in [-0.2, -0.15) is 4.57 Å². The fourth-order valence-electron chi connectivity index (χ4n) is 4.31. The van der Waals surface area contributed by atoms with Gasteiger partial charge < -0.3 is 0 Å². The first-order valence-corrected chi connectivity index (χ1v) is 9.58. The largest absolute Gasteiger partial charge is 0.294 e. The van der Waals surface area contributed by atoms with E-state index in [2.05, 4.69) is 102 Å². The van der Waals surface area contributed by atoms with Crippen molar-refractivity contribution >= 4 is 0 Å². The van der Waals surface area contributed by atoms with Crippen molar-refractivity contribution in [1.82, 2.24) is 4.57 Å². The van der Waals surface area contributed by atoms with Crippen LogP contribution >= 0.6 is 0 Å². The number of rotatable bonds is 2. The number of aromatic nitrogens is 2. The summed E-state index contributed by atoms with van der Waals surface area (Å²) < 4.78 is 4.76. The Morgan fingerprint density at radius 2 is 1.59 bits per heavy atom. The lowest BCUT2D eigenvalue weighted by Gasteiger charge is -2.17. The molecule has 3 aromatic carbocycles. The normalized spacial score (nSPS) is 12.5. The standard InChI is InChI=1S/C25H23N2/c1-18-7-6-8-19(2)24(18)27-16-15-26-14-13-21-11-12-22(17-23(21)25(26)27)20-9-4-3-5-10-20/h3-12,15-17H,13-14H2,1-2H3/q+1. The van der Waals surface area contributed by atoms with E-state index < -0.39 is 0 Å². The summed E-state index contributed by atoms with van der Waals surface area (Å²) in [4.78, 5) is 0. The van der Waals surface area contributed by atoms with E-state index in [4.69, 9.17) is 0 Å². The van der Waals surface area contributed by atoms with Crippen molar-refractivity contribution < 1.29 is 4.57 Å². The summed E-state index contributed by atoms with van der Waals surface area (Å²) in [6.45, 7) is 5.43. The third-order valence-electron chi connectivity index (χ3n) is 5.66. The van der Waals surface area contributed by atoms with Crippen molar-refractivity contribution in [2.75, 3.05) is 0 Å². The fourth-order valence-corrected chi connectivity index (χ4v) is 4.31. The van der Waals surface area contributed by atoms with Crippen LogP contribution in [-0.2, 0) is 13.0 Å². The Hall–Kier alpha value is -3.13. The highest BCUT2D eigenvalue weighted by Crippen LogP contribution is 2.33. The second-order valence-corrected chi connectivity index (χ2v) is 7.41. The zero-order valence-corrected chi connectivity index (χ0v) is 15.8. The maximum absolute atomic E-state index is 2.39. The molecule has 0 spiro atoms. The van der Waals surface area contributed by atoms with E-state index in [0.717, 1.165) is 13.0 Å². The number of fused-ring (bicyclic) bond motifs is 3. The van der Waals surface area contributed by atoms with Gasteiger partial charge in [0.2, 0.25) is 0 Å². The van der Waals surface area contributed by atoms with Crippen LogP contribution in [0.15, 0.2) is 79.1 Å². The molecule has 0 fully saturated rings. The molecule has 1 aromatic heterocycles. The van der Waals surface area contributed by atoms with Crippen LogP contribution in [0.2, 0.25) is 0 Å². The Labute approximate surface area is 160 Å². The molecule has 27 heavy (non-hydrogen) atoms. The maximum Gasteiger partial charge on any atom is 0.294 e. The molecule has 0 unspecified atom stereocenters. The van der Waals surface area contributed by atoms with Crippen LogP contribution in [0, 0.1) is 13.8 Å². The summed E-state index contributed by atoms with van der Waals surface area (Å²) in [5, 5.41) is 0. The molecule has 0 atom stereocenters. The van der Waals surface area contributed by atoms with E-state index in [1.165, 1.54) is 44.9 Å². The van der Waals surface area contributed by atoms with Crippen LogP contribution in [0.1, 0.15) is 16.7 Å². The second-order valence-electron chi connectivity index (χ2n) is 7.41. The molecule has 0 radical (unpaired) electrons. The summed E-state index contributed by atoms with van der Waals surface area (Å²) in [5.41, 5.74) is 9.22. The van der Waals surface area contributed by atoms with Gasteiger partial charge in [-0.3, -0.25) is 0 Å². The smallest absolute Gasteiger partial charge is 0.229 e. The maximum atomic E-state index is 2.39. The molecule has 0 saturated carbocycles. The minimum absolute atomic E-state index is 1.03. The summed E-state index contributed by atoms with van der Waals surface area (Å²) in [6, 6.07) is 24.1. The molecular formula is C25H23N2+. The van der Waals surface area contributed by atoms with E-state index in [1.54, 1.807) is 0 Å². The summed E-state index contributed by atoms with van der Waals surface area (Å²) >= 11 is 0. The predicted molar refractivity (Wildman–Crippen MR) is 110 cm³/mol. The molecular weight excluding hydrogens is 328 g/mol. The minimum Gasteiger partial charge on any atom is -0.229 e. The predicted octanol–water partition coefficient (Wildman–Crippen LogP) is 5.27. The van der Waals surface area contributed by atoms with Crippen molar-refractivity contribution in [1.29, 1.82) is 0 Å². The van der Waals surface area contributed by atoms with Gasteiger partial charge in [-0.15, -0.1) is 0 Å². The SMILES string of the molecule is Cc1cccc(C)c1-n1cc[n+]2c1-c1cc(-c3ccccc3)ccc1CC2. The Morgan fingerprint density at radius 3 is 2.37 bits per heavy atom. The third-order valence-corrected chi connectivity index (χ3v) is 5.66. The van der Waals surface area contributed by atoms with E-state index in [9.17, 15) is 0 Å². The first kappa shape index (κ1) is 16.1. The number of hydrogen-bond acceptors (Lipinski definition) is 0. The average Bonchev–Trinajstić information content (AvgIpc) is 3.12. The highest BCUT2D eigenvalue weighted by atomic mass is 15.2. The van der Waals surface area contributed by atoms with Crippen molar-refractivity contribution in [3.8, 4) is 28.2 Å². The number of nitrogens with zero attached hydrogens (tertiary/aromatic N) is 2. The monoisotopic (exact) mass is 351 g/mol. The Bertz CT molecular complexity index is 1120. The molecule has 132 valence electrons. The molecule has 0 saturated heterocycles. The van der Waals surface area contributed by atoms with Crippen LogP contribution in [0.3, 0.4) is 0 Å². The summed E-state index contributed by atoms with van der Waals surface area (Å²) in [6.07, 6.45) is 5.52. The molecule has 2 heterocycles. The molecule has 0 aliphatic carbocycles. The van der Waals surface area contributed by atoms with E-state index in [-0.39, 0.29) is 0 Å². The summed E-state index contributed by atoms with van der Waals surface area (Å²) in [5.74, 6) is 1.28. The van der Waals surface area contributed by atoms with Gasteiger partial charge in [0.15, 0.2) is 0 Å². The molecule has 0 bridgehead atoms. The number of imidazole rings is 1.